The predicted octanol–water partition coefficient (Wildman–Crippen LogP) is 5.90. The summed E-state index contributed by atoms with van der Waals surface area (Å²) in [6, 6.07) is 10.7. The smallest absolute Gasteiger partial charge is 0.387 e. The van der Waals surface area contributed by atoms with E-state index >= 15 is 0 Å². The molecule has 4 aromatic rings. The van der Waals surface area contributed by atoms with Gasteiger partial charge in [-0.25, -0.2) is 15.0 Å². The molecule has 0 spiro atoms. The predicted molar refractivity (Wildman–Crippen MR) is 134 cm³/mol. The van der Waals surface area contributed by atoms with E-state index < -0.39 is 12.6 Å². The number of carbonyl (C=O) groups is 1. The highest BCUT2D eigenvalue weighted by Crippen LogP contribution is 2.39. The Balaban J connectivity index is 1.41. The molecule has 192 valence electrons. The molecule has 3 aromatic heterocycles. The van der Waals surface area contributed by atoms with Crippen molar-refractivity contribution >= 4 is 11.6 Å². The van der Waals surface area contributed by atoms with E-state index in [1.165, 1.54) is 0 Å². The zero-order valence-corrected chi connectivity index (χ0v) is 20.6. The number of halogens is 2. The molecule has 7 nitrogen and oxygen atoms in total. The van der Waals surface area contributed by atoms with Crippen LogP contribution in [0.5, 0.6) is 5.75 Å². The van der Waals surface area contributed by atoms with Crippen LogP contribution in [0, 0.1) is 18.8 Å². The molecule has 1 fully saturated rings. The van der Waals surface area contributed by atoms with Crippen LogP contribution in [0.4, 0.5) is 8.78 Å². The number of imidazole rings is 1. The topological polar surface area (TPSA) is 89.6 Å². The number of nitrogens with zero attached hydrogens (tertiary/aromatic N) is 4. The zero-order chi connectivity index (χ0) is 26.1. The van der Waals surface area contributed by atoms with Crippen molar-refractivity contribution in [3.63, 3.8) is 0 Å². The lowest BCUT2D eigenvalue weighted by molar-refractivity contribution is -0.143. The van der Waals surface area contributed by atoms with Gasteiger partial charge in [0, 0.05) is 53.3 Å². The number of pyridine rings is 1. The number of ether oxygens (including phenoxy) is 1. The van der Waals surface area contributed by atoms with Crippen LogP contribution < -0.4 is 4.74 Å². The summed E-state index contributed by atoms with van der Waals surface area (Å²) >= 11 is 0. The molecule has 3 atom stereocenters. The molecule has 1 N–H and O–H groups in total. The number of benzene rings is 1. The van der Waals surface area contributed by atoms with E-state index in [9.17, 15) is 18.7 Å². The summed E-state index contributed by atoms with van der Waals surface area (Å²) in [4.78, 5) is 25.3. The number of carboxylic acid groups (broad SMARTS) is 1. The number of para-hydroxylation sites is 1. The maximum Gasteiger partial charge on any atom is 0.387 e. The Morgan fingerprint density at radius 1 is 1.14 bits per heavy atom. The van der Waals surface area contributed by atoms with Crippen molar-refractivity contribution in [2.75, 3.05) is 0 Å². The van der Waals surface area contributed by atoms with Gasteiger partial charge in [0.15, 0.2) is 0 Å². The normalized spacial score (nSPS) is 19.9. The fraction of sp³-hybridized carbons (Fsp3) is 0.357. The molecule has 5 rings (SSSR count). The van der Waals surface area contributed by atoms with Crippen LogP contribution in [-0.2, 0) is 11.2 Å². The lowest BCUT2D eigenvalue weighted by Crippen LogP contribution is -2.27. The molecular formula is C28H28F2N4O3. The van der Waals surface area contributed by atoms with Crippen LogP contribution in [0.3, 0.4) is 0 Å². The first-order chi connectivity index (χ1) is 17.8. The van der Waals surface area contributed by atoms with Crippen LogP contribution >= 0.6 is 0 Å². The molecule has 1 aliphatic rings. The minimum Gasteiger partial charge on any atom is -0.481 e. The van der Waals surface area contributed by atoms with E-state index in [-0.39, 0.29) is 23.5 Å². The van der Waals surface area contributed by atoms with Crippen molar-refractivity contribution in [1.29, 1.82) is 0 Å². The molecule has 1 aliphatic carbocycles. The number of hydrogen-bond donors (Lipinski definition) is 1. The van der Waals surface area contributed by atoms with Crippen LogP contribution in [0.15, 0.2) is 55.0 Å². The average molecular weight is 507 g/mol. The van der Waals surface area contributed by atoms with Crippen LogP contribution in [-0.4, -0.2) is 37.0 Å². The van der Waals surface area contributed by atoms with Crippen LogP contribution in [0.2, 0.25) is 0 Å². The van der Waals surface area contributed by atoms with Gasteiger partial charge in [-0.05, 0) is 50.3 Å². The first-order valence-corrected chi connectivity index (χ1v) is 12.4. The van der Waals surface area contributed by atoms with Crippen LogP contribution in [0.1, 0.15) is 54.9 Å². The second kappa shape index (κ2) is 10.2. The molecule has 0 aliphatic heterocycles. The van der Waals surface area contributed by atoms with Gasteiger partial charge in [-0.15, -0.1) is 0 Å². The van der Waals surface area contributed by atoms with Crippen molar-refractivity contribution in [1.82, 2.24) is 19.4 Å². The largest absolute Gasteiger partial charge is 0.481 e. The Morgan fingerprint density at radius 2 is 1.89 bits per heavy atom. The van der Waals surface area contributed by atoms with Gasteiger partial charge in [-0.1, -0.05) is 25.1 Å². The SMILES string of the molecule is Cc1nc2ccc(-c3cnc(C4CCC(C(=O)O)CC4C)nc3)cn2c1Cc1ccccc1OC(F)F. The molecule has 0 radical (unpaired) electrons. The third kappa shape index (κ3) is 5.16. The van der Waals surface area contributed by atoms with Gasteiger partial charge < -0.3 is 14.2 Å². The second-order valence-electron chi connectivity index (χ2n) is 9.71. The fourth-order valence-electron chi connectivity index (χ4n) is 5.32. The first-order valence-electron chi connectivity index (χ1n) is 12.4. The number of fused-ring (bicyclic) bond motifs is 1. The number of aryl methyl sites for hydroxylation is 1. The minimum atomic E-state index is -2.89. The average Bonchev–Trinajstić information content (AvgIpc) is 3.19. The quantitative estimate of drug-likeness (QED) is 0.336. The molecule has 0 amide bonds. The maximum absolute atomic E-state index is 12.9. The van der Waals surface area contributed by atoms with Gasteiger partial charge in [-0.2, -0.15) is 8.78 Å². The number of alkyl halides is 2. The molecular weight excluding hydrogens is 478 g/mol. The maximum atomic E-state index is 12.9. The molecule has 3 heterocycles. The molecule has 1 aromatic carbocycles. The van der Waals surface area contributed by atoms with Crippen LogP contribution in [0.25, 0.3) is 16.8 Å². The van der Waals surface area contributed by atoms with E-state index in [0.29, 0.717) is 24.8 Å². The molecule has 37 heavy (non-hydrogen) atoms. The van der Waals surface area contributed by atoms with Gasteiger partial charge in [-0.3, -0.25) is 4.79 Å². The highest BCUT2D eigenvalue weighted by atomic mass is 19.3. The number of carboxylic acids is 1. The summed E-state index contributed by atoms with van der Waals surface area (Å²) in [6.45, 7) is 1.07. The van der Waals surface area contributed by atoms with E-state index in [2.05, 4.69) is 21.9 Å². The summed E-state index contributed by atoms with van der Waals surface area (Å²) < 4.78 is 32.5. The van der Waals surface area contributed by atoms with Gasteiger partial charge >= 0.3 is 12.6 Å². The molecule has 9 heteroatoms. The fourth-order valence-corrected chi connectivity index (χ4v) is 5.32. The van der Waals surface area contributed by atoms with E-state index in [4.69, 9.17) is 4.74 Å². The Bertz CT molecular complexity index is 1420. The van der Waals surface area contributed by atoms with Crippen molar-refractivity contribution in [2.24, 2.45) is 11.8 Å². The Labute approximate surface area is 213 Å². The number of aliphatic carboxylic acids is 1. The third-order valence-electron chi connectivity index (χ3n) is 7.32. The highest BCUT2D eigenvalue weighted by molar-refractivity contribution is 5.70. The van der Waals surface area contributed by atoms with Gasteiger partial charge in [0.25, 0.3) is 0 Å². The summed E-state index contributed by atoms with van der Waals surface area (Å²) in [5.41, 5.74) is 4.83. The van der Waals surface area contributed by atoms with E-state index in [1.807, 2.05) is 29.7 Å². The summed E-state index contributed by atoms with van der Waals surface area (Å²) in [6.07, 6.45) is 7.98. The standard InChI is InChI=1S/C28H28F2N4O3/c1-16-11-19(27(35)36)7-9-22(16)26-31-13-21(14-32-26)20-8-10-25-33-17(2)23(34(25)15-20)12-18-5-3-4-6-24(18)37-28(29)30/h3-6,8,10,13-16,19,22,28H,7,9,11-12H2,1-2H3,(H,35,36). The van der Waals surface area contributed by atoms with E-state index in [1.54, 1.807) is 36.7 Å². The minimum absolute atomic E-state index is 0.144. The van der Waals surface area contributed by atoms with Crippen molar-refractivity contribution < 1.29 is 23.4 Å². The highest BCUT2D eigenvalue weighted by Gasteiger charge is 2.33. The van der Waals surface area contributed by atoms with Gasteiger partial charge in [0.05, 0.1) is 11.6 Å². The molecule has 0 saturated heterocycles. The first kappa shape index (κ1) is 24.8. The van der Waals surface area contributed by atoms with E-state index in [0.717, 1.165) is 40.4 Å². The lowest BCUT2D eigenvalue weighted by Gasteiger charge is -2.31. The van der Waals surface area contributed by atoms with Gasteiger partial charge in [0.2, 0.25) is 0 Å². The molecule has 3 unspecified atom stereocenters. The molecule has 0 bridgehead atoms. The lowest BCUT2D eigenvalue weighted by atomic mass is 9.74. The van der Waals surface area contributed by atoms with Gasteiger partial charge in [0.1, 0.15) is 17.2 Å². The number of rotatable bonds is 7. The zero-order valence-electron chi connectivity index (χ0n) is 20.6. The Morgan fingerprint density at radius 3 is 2.59 bits per heavy atom. The van der Waals surface area contributed by atoms with Crippen molar-refractivity contribution in [3.8, 4) is 16.9 Å². The third-order valence-corrected chi connectivity index (χ3v) is 7.32. The Hall–Kier alpha value is -3.88. The summed E-state index contributed by atoms with van der Waals surface area (Å²) in [5.74, 6) is 0.223. The number of aromatic nitrogens is 4. The molecule has 1 saturated carbocycles. The monoisotopic (exact) mass is 506 g/mol. The number of hydrogen-bond acceptors (Lipinski definition) is 5. The second-order valence-corrected chi connectivity index (χ2v) is 9.71. The van der Waals surface area contributed by atoms with Crippen molar-refractivity contribution in [3.05, 3.63) is 77.8 Å². The summed E-state index contributed by atoms with van der Waals surface area (Å²) in [5, 5.41) is 9.33. The van der Waals surface area contributed by atoms with Crippen molar-refractivity contribution in [2.45, 2.75) is 52.1 Å². The summed E-state index contributed by atoms with van der Waals surface area (Å²) in [7, 11) is 0. The Kier molecular flexibility index (Phi) is 6.86.